The number of carbonyl (C=O) groups excluding carboxylic acids is 2. The molecule has 0 aliphatic carbocycles. The van der Waals surface area contributed by atoms with E-state index in [9.17, 15) is 28.1 Å². The van der Waals surface area contributed by atoms with Crippen LogP contribution in [0.1, 0.15) is 26.3 Å². The number of methoxy groups -OCH3 is 1. The highest BCUT2D eigenvalue weighted by Gasteiger charge is 2.33. The number of amides is 2. The lowest BCUT2D eigenvalue weighted by atomic mass is 10.1. The van der Waals surface area contributed by atoms with Crippen molar-refractivity contribution < 1.29 is 27.7 Å². The van der Waals surface area contributed by atoms with Gasteiger partial charge in [-0.05, 0) is 56.7 Å². The third-order valence-electron chi connectivity index (χ3n) is 6.02. The topological polar surface area (TPSA) is 139 Å². The first-order valence-corrected chi connectivity index (χ1v) is 13.9. The number of nitrogens with one attached hydrogen (secondary N) is 1. The lowest BCUT2D eigenvalue weighted by Crippen LogP contribution is -2.52. The summed E-state index contributed by atoms with van der Waals surface area (Å²) >= 11 is 0. The Hall–Kier alpha value is -4.45. The van der Waals surface area contributed by atoms with Gasteiger partial charge in [-0.15, -0.1) is 0 Å². The molecule has 0 saturated heterocycles. The third kappa shape index (κ3) is 7.35. The first-order valence-electron chi connectivity index (χ1n) is 12.5. The lowest BCUT2D eigenvalue weighted by Gasteiger charge is -2.32. The van der Waals surface area contributed by atoms with Crippen LogP contribution in [0.2, 0.25) is 0 Å². The van der Waals surface area contributed by atoms with Crippen molar-refractivity contribution in [1.82, 2.24) is 10.2 Å². The molecule has 0 unspecified atom stereocenters. The summed E-state index contributed by atoms with van der Waals surface area (Å²) in [6.07, 6.45) is 0. The van der Waals surface area contributed by atoms with E-state index in [1.165, 1.54) is 54.5 Å². The van der Waals surface area contributed by atoms with Crippen molar-refractivity contribution in [2.24, 2.45) is 0 Å². The van der Waals surface area contributed by atoms with Crippen LogP contribution in [-0.4, -0.2) is 55.8 Å². The maximum absolute atomic E-state index is 13.9. The van der Waals surface area contributed by atoms with Gasteiger partial charge in [0.1, 0.15) is 18.3 Å². The van der Waals surface area contributed by atoms with Crippen LogP contribution < -0.4 is 14.4 Å². The van der Waals surface area contributed by atoms with Gasteiger partial charge in [-0.1, -0.05) is 36.4 Å². The quantitative estimate of drug-likeness (QED) is 0.259. The van der Waals surface area contributed by atoms with E-state index in [0.29, 0.717) is 11.3 Å². The van der Waals surface area contributed by atoms with E-state index in [1.54, 1.807) is 51.1 Å². The number of sulfonamides is 1. The zero-order valence-electron chi connectivity index (χ0n) is 22.7. The van der Waals surface area contributed by atoms with Crippen molar-refractivity contribution in [2.75, 3.05) is 18.0 Å². The second kappa shape index (κ2) is 13.1. The Bertz CT molecular complexity index is 1460. The molecule has 3 rings (SSSR count). The molecule has 40 heavy (non-hydrogen) atoms. The normalized spacial score (nSPS) is 11.9. The minimum absolute atomic E-state index is 0.0170. The molecule has 11 nitrogen and oxygen atoms in total. The van der Waals surface area contributed by atoms with Gasteiger partial charge in [0, 0.05) is 24.7 Å². The number of non-ortho nitro benzene ring substituents is 1. The van der Waals surface area contributed by atoms with E-state index in [1.807, 2.05) is 0 Å². The molecule has 0 aliphatic heterocycles. The van der Waals surface area contributed by atoms with Crippen molar-refractivity contribution in [3.05, 3.63) is 94.5 Å². The highest BCUT2D eigenvalue weighted by Crippen LogP contribution is 2.27. The number of benzene rings is 3. The zero-order valence-corrected chi connectivity index (χ0v) is 23.5. The summed E-state index contributed by atoms with van der Waals surface area (Å²) < 4.78 is 33.6. The lowest BCUT2D eigenvalue weighted by molar-refractivity contribution is -0.384. The van der Waals surface area contributed by atoms with Crippen molar-refractivity contribution in [3.8, 4) is 5.75 Å². The molecule has 0 aromatic heterocycles. The van der Waals surface area contributed by atoms with Gasteiger partial charge in [0.2, 0.25) is 11.8 Å². The fraction of sp³-hybridized carbons (Fsp3) is 0.286. The Kier molecular flexibility index (Phi) is 9.83. The van der Waals surface area contributed by atoms with Crippen LogP contribution in [0.4, 0.5) is 11.4 Å². The number of hydrogen-bond acceptors (Lipinski definition) is 7. The predicted octanol–water partition coefficient (Wildman–Crippen LogP) is 3.74. The molecule has 3 aromatic carbocycles. The smallest absolute Gasteiger partial charge is 0.271 e. The Balaban J connectivity index is 2.07. The average molecular weight is 569 g/mol. The van der Waals surface area contributed by atoms with E-state index in [-0.39, 0.29) is 28.9 Å². The Morgan fingerprint density at radius 1 is 0.975 bits per heavy atom. The molecule has 0 spiro atoms. The fourth-order valence-corrected chi connectivity index (χ4v) is 5.39. The van der Waals surface area contributed by atoms with E-state index in [2.05, 4.69) is 5.32 Å². The fourth-order valence-electron chi connectivity index (χ4n) is 3.97. The van der Waals surface area contributed by atoms with E-state index >= 15 is 0 Å². The summed E-state index contributed by atoms with van der Waals surface area (Å²) in [6.45, 7) is 4.41. The number of nitro groups is 1. The van der Waals surface area contributed by atoms with Gasteiger partial charge in [0.25, 0.3) is 15.7 Å². The maximum atomic E-state index is 13.9. The number of nitrogens with zero attached hydrogens (tertiary/aromatic N) is 3. The SMILES string of the molecule is COc1cccc(CN(C(=O)CN(c2cccc([N+](=O)[O-])c2)S(=O)(=O)c2ccccc2)[C@@H](C)C(=O)NC(C)C)c1. The maximum Gasteiger partial charge on any atom is 0.271 e. The molecule has 2 amide bonds. The van der Waals surface area contributed by atoms with E-state index < -0.39 is 39.3 Å². The molecule has 0 bridgehead atoms. The van der Waals surface area contributed by atoms with Crippen LogP contribution >= 0.6 is 0 Å². The van der Waals surface area contributed by atoms with Gasteiger partial charge in [-0.3, -0.25) is 24.0 Å². The summed E-state index contributed by atoms with van der Waals surface area (Å²) in [4.78, 5) is 38.8. The first kappa shape index (κ1) is 30.1. The Labute approximate surface area is 233 Å². The van der Waals surface area contributed by atoms with Crippen molar-refractivity contribution in [2.45, 2.75) is 44.3 Å². The van der Waals surface area contributed by atoms with E-state index in [0.717, 1.165) is 10.4 Å². The first-order chi connectivity index (χ1) is 18.9. The van der Waals surface area contributed by atoms with Crippen LogP contribution in [0, 0.1) is 10.1 Å². The summed E-state index contributed by atoms with van der Waals surface area (Å²) in [6, 6.07) is 18.3. The third-order valence-corrected chi connectivity index (χ3v) is 7.81. The number of ether oxygens (including phenoxy) is 1. The molecule has 0 heterocycles. The predicted molar refractivity (Wildman–Crippen MR) is 150 cm³/mol. The van der Waals surface area contributed by atoms with Crippen LogP contribution in [-0.2, 0) is 26.2 Å². The molecule has 0 saturated carbocycles. The highest BCUT2D eigenvalue weighted by atomic mass is 32.2. The minimum atomic E-state index is -4.33. The summed E-state index contributed by atoms with van der Waals surface area (Å²) in [5, 5.41) is 14.2. The number of carbonyl (C=O) groups is 2. The average Bonchev–Trinajstić information content (AvgIpc) is 2.94. The largest absolute Gasteiger partial charge is 0.497 e. The number of nitro benzene ring substituents is 1. The summed E-state index contributed by atoms with van der Waals surface area (Å²) in [5.41, 5.74) is 0.257. The van der Waals surface area contributed by atoms with Crippen LogP contribution in [0.3, 0.4) is 0 Å². The minimum Gasteiger partial charge on any atom is -0.497 e. The van der Waals surface area contributed by atoms with E-state index in [4.69, 9.17) is 4.74 Å². The second-order valence-electron chi connectivity index (χ2n) is 9.31. The number of hydrogen-bond donors (Lipinski definition) is 1. The van der Waals surface area contributed by atoms with Gasteiger partial charge >= 0.3 is 0 Å². The van der Waals surface area contributed by atoms with Gasteiger partial charge < -0.3 is 15.0 Å². The standard InChI is InChI=1S/C28H32N4O7S/c1-20(2)29-28(34)21(3)30(18-22-10-8-13-25(16-22)39-4)27(33)19-31(23-11-9-12-24(17-23)32(35)36)40(37,38)26-14-6-5-7-15-26/h5-17,20-21H,18-19H2,1-4H3,(H,29,34)/t21-/m0/s1. The number of anilines is 1. The molecular weight excluding hydrogens is 536 g/mol. The molecule has 0 aliphatic rings. The van der Waals surface area contributed by atoms with Crippen LogP contribution in [0.15, 0.2) is 83.8 Å². The molecule has 212 valence electrons. The number of rotatable bonds is 12. The van der Waals surface area contributed by atoms with Gasteiger partial charge in [0.05, 0.1) is 22.6 Å². The molecule has 3 aromatic rings. The second-order valence-corrected chi connectivity index (χ2v) is 11.2. The molecule has 1 atom stereocenters. The zero-order chi connectivity index (χ0) is 29.4. The Morgan fingerprint density at radius 3 is 2.27 bits per heavy atom. The van der Waals surface area contributed by atoms with Crippen LogP contribution in [0.25, 0.3) is 0 Å². The molecule has 1 N–H and O–H groups in total. The molecule has 0 radical (unpaired) electrons. The Morgan fingerprint density at radius 2 is 1.65 bits per heavy atom. The van der Waals surface area contributed by atoms with Crippen molar-refractivity contribution in [1.29, 1.82) is 0 Å². The molecular formula is C28H32N4O7S. The molecule has 12 heteroatoms. The van der Waals surface area contributed by atoms with Crippen molar-refractivity contribution in [3.63, 3.8) is 0 Å². The van der Waals surface area contributed by atoms with Gasteiger partial charge in [-0.2, -0.15) is 0 Å². The van der Waals surface area contributed by atoms with Gasteiger partial charge in [0.15, 0.2) is 0 Å². The molecule has 0 fully saturated rings. The monoisotopic (exact) mass is 568 g/mol. The van der Waals surface area contributed by atoms with Crippen LogP contribution in [0.5, 0.6) is 5.75 Å². The summed E-state index contributed by atoms with van der Waals surface area (Å²) in [5.74, 6) is -0.548. The van der Waals surface area contributed by atoms with Gasteiger partial charge in [-0.25, -0.2) is 8.42 Å². The highest BCUT2D eigenvalue weighted by molar-refractivity contribution is 7.92. The summed E-state index contributed by atoms with van der Waals surface area (Å²) in [7, 11) is -2.82. The van der Waals surface area contributed by atoms with Crippen molar-refractivity contribution >= 4 is 33.2 Å².